The summed E-state index contributed by atoms with van der Waals surface area (Å²) in [5.41, 5.74) is 3.59. The minimum Gasteiger partial charge on any atom is -0.394 e. The number of fused-ring (bicyclic) bond motifs is 2. The number of hydrogen-bond donors (Lipinski definition) is 1. The second-order valence-corrected chi connectivity index (χ2v) is 5.75. The van der Waals surface area contributed by atoms with Crippen LogP contribution in [-0.4, -0.2) is 38.4 Å². The molecule has 0 fully saturated rings. The number of aromatic nitrogens is 2. The third kappa shape index (κ3) is 2.29. The largest absolute Gasteiger partial charge is 0.394 e. The van der Waals surface area contributed by atoms with Gasteiger partial charge in [-0.15, -0.1) is 0 Å². The Morgan fingerprint density at radius 3 is 3.00 bits per heavy atom. The first kappa shape index (κ1) is 14.0. The summed E-state index contributed by atoms with van der Waals surface area (Å²) in [5, 5.41) is 9.83. The van der Waals surface area contributed by atoms with Crippen LogP contribution in [0, 0.1) is 0 Å². The van der Waals surface area contributed by atoms with Crippen molar-refractivity contribution in [3.8, 4) is 0 Å². The molecule has 0 bridgehead atoms. The molecular weight excluding hydrogens is 290 g/mol. The van der Waals surface area contributed by atoms with Crippen molar-refractivity contribution in [2.45, 2.75) is 12.5 Å². The standard InChI is InChI=1S/C18H17N3O2/c22-12-16-15-4-2-1-3-13(15)6-9-21(16)18(23)14-5-8-20-10-7-19-17(20)11-14/h1-5,7-8,10-11,16,22H,6,9,12H2/t16-/m0/s1. The zero-order valence-corrected chi connectivity index (χ0v) is 12.6. The summed E-state index contributed by atoms with van der Waals surface area (Å²) >= 11 is 0. The van der Waals surface area contributed by atoms with Gasteiger partial charge in [-0.2, -0.15) is 0 Å². The molecule has 1 N–H and O–H groups in total. The molecule has 1 aliphatic heterocycles. The molecule has 0 radical (unpaired) electrons. The third-order valence-electron chi connectivity index (χ3n) is 4.49. The van der Waals surface area contributed by atoms with Crippen LogP contribution in [0.2, 0.25) is 0 Å². The summed E-state index contributed by atoms with van der Waals surface area (Å²) < 4.78 is 1.87. The maximum atomic E-state index is 12.9. The number of imidazole rings is 1. The van der Waals surface area contributed by atoms with Crippen LogP contribution < -0.4 is 0 Å². The van der Waals surface area contributed by atoms with Crippen LogP contribution in [0.4, 0.5) is 0 Å². The molecule has 1 aliphatic rings. The number of aliphatic hydroxyl groups excluding tert-OH is 1. The molecule has 23 heavy (non-hydrogen) atoms. The predicted octanol–water partition coefficient (Wildman–Crippen LogP) is 2.07. The fourth-order valence-corrected chi connectivity index (χ4v) is 3.30. The lowest BCUT2D eigenvalue weighted by Crippen LogP contribution is -2.41. The molecule has 3 heterocycles. The summed E-state index contributed by atoms with van der Waals surface area (Å²) in [6.07, 6.45) is 6.19. The van der Waals surface area contributed by atoms with Crippen LogP contribution in [0.3, 0.4) is 0 Å². The van der Waals surface area contributed by atoms with E-state index >= 15 is 0 Å². The Kier molecular flexibility index (Phi) is 3.35. The van der Waals surface area contributed by atoms with Gasteiger partial charge in [0.2, 0.25) is 0 Å². The van der Waals surface area contributed by atoms with E-state index < -0.39 is 0 Å². The minimum atomic E-state index is -0.288. The van der Waals surface area contributed by atoms with Crippen LogP contribution in [0.1, 0.15) is 27.5 Å². The second-order valence-electron chi connectivity index (χ2n) is 5.75. The average molecular weight is 307 g/mol. The van der Waals surface area contributed by atoms with Gasteiger partial charge in [0.05, 0.1) is 12.6 Å². The topological polar surface area (TPSA) is 57.8 Å². The molecular formula is C18H17N3O2. The molecule has 0 spiro atoms. The molecule has 1 aromatic carbocycles. The smallest absolute Gasteiger partial charge is 0.254 e. The van der Waals surface area contributed by atoms with Crippen molar-refractivity contribution in [2.24, 2.45) is 0 Å². The van der Waals surface area contributed by atoms with Crippen molar-refractivity contribution in [1.82, 2.24) is 14.3 Å². The number of rotatable bonds is 2. The molecule has 0 saturated heterocycles. The zero-order chi connectivity index (χ0) is 15.8. The summed E-state index contributed by atoms with van der Waals surface area (Å²) in [4.78, 5) is 18.9. The lowest BCUT2D eigenvalue weighted by Gasteiger charge is -2.36. The summed E-state index contributed by atoms with van der Waals surface area (Å²) in [7, 11) is 0. The SMILES string of the molecule is O=C(c1ccn2ccnc2c1)N1CCc2ccccc2[C@@H]1CO. The number of benzene rings is 1. The van der Waals surface area contributed by atoms with E-state index in [-0.39, 0.29) is 18.6 Å². The molecule has 5 heteroatoms. The van der Waals surface area contributed by atoms with Gasteiger partial charge in [-0.3, -0.25) is 4.79 Å². The Bertz CT molecular complexity index is 871. The number of amides is 1. The number of carbonyl (C=O) groups is 1. The number of nitrogens with zero attached hydrogens (tertiary/aromatic N) is 3. The van der Waals surface area contributed by atoms with Gasteiger partial charge >= 0.3 is 0 Å². The lowest BCUT2D eigenvalue weighted by molar-refractivity contribution is 0.0568. The monoisotopic (exact) mass is 307 g/mol. The van der Waals surface area contributed by atoms with Gasteiger partial charge in [-0.1, -0.05) is 24.3 Å². The Balaban J connectivity index is 1.70. The van der Waals surface area contributed by atoms with Gasteiger partial charge in [0, 0.05) is 30.7 Å². The molecule has 116 valence electrons. The highest BCUT2D eigenvalue weighted by molar-refractivity contribution is 5.95. The molecule has 0 unspecified atom stereocenters. The van der Waals surface area contributed by atoms with Crippen LogP contribution in [0.15, 0.2) is 55.0 Å². The summed E-state index contributed by atoms with van der Waals surface area (Å²) in [5.74, 6) is -0.0657. The molecule has 1 atom stereocenters. The van der Waals surface area contributed by atoms with E-state index in [1.54, 1.807) is 23.2 Å². The first-order valence-corrected chi connectivity index (χ1v) is 7.70. The van der Waals surface area contributed by atoms with Gasteiger partial charge in [0.25, 0.3) is 5.91 Å². The molecule has 4 rings (SSSR count). The van der Waals surface area contributed by atoms with Gasteiger partial charge in [0.15, 0.2) is 0 Å². The van der Waals surface area contributed by atoms with E-state index in [1.165, 1.54) is 5.56 Å². The van der Waals surface area contributed by atoms with Crippen molar-refractivity contribution >= 4 is 11.6 Å². The summed E-state index contributed by atoms with van der Waals surface area (Å²) in [6.45, 7) is 0.537. The van der Waals surface area contributed by atoms with Gasteiger partial charge in [-0.25, -0.2) is 4.98 Å². The van der Waals surface area contributed by atoms with Crippen molar-refractivity contribution in [3.63, 3.8) is 0 Å². The highest BCUT2D eigenvalue weighted by Gasteiger charge is 2.30. The van der Waals surface area contributed by atoms with Crippen LogP contribution >= 0.6 is 0 Å². The zero-order valence-electron chi connectivity index (χ0n) is 12.6. The first-order chi connectivity index (χ1) is 11.3. The molecule has 5 nitrogen and oxygen atoms in total. The van der Waals surface area contributed by atoms with Crippen molar-refractivity contribution in [3.05, 3.63) is 71.7 Å². The maximum absolute atomic E-state index is 12.9. The quantitative estimate of drug-likeness (QED) is 0.788. The van der Waals surface area contributed by atoms with Crippen LogP contribution in [0.25, 0.3) is 5.65 Å². The Morgan fingerprint density at radius 2 is 2.13 bits per heavy atom. The number of carbonyl (C=O) groups excluding carboxylic acids is 1. The van der Waals surface area contributed by atoms with Crippen molar-refractivity contribution < 1.29 is 9.90 Å². The van der Waals surface area contributed by atoms with E-state index in [0.717, 1.165) is 17.6 Å². The molecule has 2 aromatic heterocycles. The fraction of sp³-hybridized carbons (Fsp3) is 0.222. The maximum Gasteiger partial charge on any atom is 0.254 e. The minimum absolute atomic E-state index is 0.0657. The van der Waals surface area contributed by atoms with Crippen molar-refractivity contribution in [2.75, 3.05) is 13.2 Å². The third-order valence-corrected chi connectivity index (χ3v) is 4.49. The predicted molar refractivity (Wildman–Crippen MR) is 86.2 cm³/mol. The van der Waals surface area contributed by atoms with Gasteiger partial charge < -0.3 is 14.4 Å². The van der Waals surface area contributed by atoms with Crippen LogP contribution in [-0.2, 0) is 6.42 Å². The van der Waals surface area contributed by atoms with E-state index in [0.29, 0.717) is 12.1 Å². The Hall–Kier alpha value is -2.66. The Morgan fingerprint density at radius 1 is 1.26 bits per heavy atom. The Labute approximate surface area is 133 Å². The first-order valence-electron chi connectivity index (χ1n) is 7.70. The van der Waals surface area contributed by atoms with Gasteiger partial charge in [0.1, 0.15) is 5.65 Å². The molecule has 3 aromatic rings. The number of pyridine rings is 1. The number of hydrogen-bond acceptors (Lipinski definition) is 3. The highest BCUT2D eigenvalue weighted by atomic mass is 16.3. The summed E-state index contributed by atoms with van der Waals surface area (Å²) in [6, 6.07) is 11.3. The average Bonchev–Trinajstić information content (AvgIpc) is 3.07. The molecule has 1 amide bonds. The van der Waals surface area contributed by atoms with E-state index in [2.05, 4.69) is 11.1 Å². The molecule has 0 saturated carbocycles. The van der Waals surface area contributed by atoms with Crippen molar-refractivity contribution in [1.29, 1.82) is 0 Å². The second kappa shape index (κ2) is 5.52. The number of aliphatic hydroxyl groups is 1. The van der Waals surface area contributed by atoms with E-state index in [4.69, 9.17) is 0 Å². The lowest BCUT2D eigenvalue weighted by atomic mass is 9.92. The highest BCUT2D eigenvalue weighted by Crippen LogP contribution is 2.30. The molecule has 0 aliphatic carbocycles. The van der Waals surface area contributed by atoms with Crippen LogP contribution in [0.5, 0.6) is 0 Å². The van der Waals surface area contributed by atoms with Gasteiger partial charge in [-0.05, 0) is 29.7 Å². The van der Waals surface area contributed by atoms with E-state index in [1.807, 2.05) is 35.0 Å². The normalized spacial score (nSPS) is 17.3. The van der Waals surface area contributed by atoms with E-state index in [9.17, 15) is 9.90 Å². The fourth-order valence-electron chi connectivity index (χ4n) is 3.30.